The van der Waals surface area contributed by atoms with Gasteiger partial charge in [0.1, 0.15) is 17.2 Å². The molecule has 0 fully saturated rings. The minimum absolute atomic E-state index is 0.0132. The van der Waals surface area contributed by atoms with Crippen LogP contribution < -0.4 is 4.74 Å². The topological polar surface area (TPSA) is 55.6 Å². The van der Waals surface area contributed by atoms with Gasteiger partial charge in [-0.3, -0.25) is 4.57 Å². The summed E-state index contributed by atoms with van der Waals surface area (Å²) in [7, 11) is 0. The van der Waals surface area contributed by atoms with E-state index in [0.717, 1.165) is 44.3 Å². The average molecular weight is 668 g/mol. The molecule has 0 amide bonds. The Morgan fingerprint density at radius 2 is 1.49 bits per heavy atom. The van der Waals surface area contributed by atoms with Gasteiger partial charge in [-0.1, -0.05) is 79.6 Å². The molecule has 0 saturated heterocycles. The van der Waals surface area contributed by atoms with Crippen LogP contribution in [-0.4, -0.2) is 14.2 Å². The molecule has 6 heteroatoms. The highest BCUT2D eigenvalue weighted by molar-refractivity contribution is 6.10. The van der Waals surface area contributed by atoms with Gasteiger partial charge >= 0.3 is 0 Å². The van der Waals surface area contributed by atoms with Crippen LogP contribution in [0.4, 0.5) is 5.69 Å². The van der Waals surface area contributed by atoms with Gasteiger partial charge < -0.3 is 9.15 Å². The van der Waals surface area contributed by atoms with Crippen molar-refractivity contribution in [2.75, 3.05) is 0 Å². The van der Waals surface area contributed by atoms with Crippen molar-refractivity contribution < 1.29 is 13.9 Å². The number of azo groups is 2. The van der Waals surface area contributed by atoms with Crippen molar-refractivity contribution in [1.82, 2.24) is 9.55 Å². The Bertz CT molecular complexity index is 2730. The van der Waals surface area contributed by atoms with Gasteiger partial charge in [0.25, 0.3) is 0 Å². The third kappa shape index (κ3) is 5.13. The van der Waals surface area contributed by atoms with Crippen LogP contribution in [0.3, 0.4) is 0 Å². The van der Waals surface area contributed by atoms with Crippen molar-refractivity contribution in [3.63, 3.8) is 0 Å². The number of benzene rings is 5. The van der Waals surface area contributed by atoms with Gasteiger partial charge in [-0.05, 0) is 84.4 Å². The zero-order chi connectivity index (χ0) is 35.0. The second-order valence-corrected chi connectivity index (χ2v) is 14.8. The fourth-order valence-electron chi connectivity index (χ4n) is 7.83. The fraction of sp³-hybridized carbons (Fsp3) is 0.178. The van der Waals surface area contributed by atoms with Crippen LogP contribution in [-0.2, 0) is 5.41 Å². The minimum Gasteiger partial charge on any atom is -0.453 e. The third-order valence-corrected chi connectivity index (χ3v) is 10.2. The summed E-state index contributed by atoms with van der Waals surface area (Å²) in [6.07, 6.45) is 5.97. The summed E-state index contributed by atoms with van der Waals surface area (Å²) >= 11 is 0. The van der Waals surface area contributed by atoms with Gasteiger partial charge in [0, 0.05) is 51.5 Å². The predicted molar refractivity (Wildman–Crippen MR) is 206 cm³/mol. The van der Waals surface area contributed by atoms with E-state index in [9.17, 15) is 0 Å². The molecule has 0 spiro atoms. The second-order valence-electron chi connectivity index (χ2n) is 14.8. The maximum atomic E-state index is 6.88. The van der Waals surface area contributed by atoms with Crippen molar-refractivity contribution in [2.24, 2.45) is 5.11 Å². The molecule has 250 valence electrons. The van der Waals surface area contributed by atoms with Crippen LogP contribution in [0.25, 0.3) is 49.6 Å². The number of hydrogen-bond donors (Lipinski definition) is 0. The molecule has 5 aromatic carbocycles. The normalized spacial score (nSPS) is 14.7. The standard InChI is InChI=1S/C45H39N4O2/c1-27-21-28(2)43(29(3)22-27)38-18-20-47-49(38)31-24-36-35-12-8-10-14-40(35)51-44(36)41(25-31)50-32-15-16-34-33-11-7-9-13-37(33)48(39(34)26-32)42-23-30(17-19-46-42)45(4,5)6/h7-26,38H,1-6H3/q+1. The lowest BCUT2D eigenvalue weighted by Crippen LogP contribution is -2.12. The summed E-state index contributed by atoms with van der Waals surface area (Å²) in [6, 6.07) is 35.9. The summed E-state index contributed by atoms with van der Waals surface area (Å²) in [5, 5.41) is 9.20. The first kappa shape index (κ1) is 31.0. The summed E-state index contributed by atoms with van der Waals surface area (Å²) < 4.78 is 17.7. The molecular formula is C45H39N4O2+. The van der Waals surface area contributed by atoms with E-state index in [0.29, 0.717) is 17.1 Å². The molecule has 9 rings (SSSR count). The minimum atomic E-state index is -0.0440. The highest BCUT2D eigenvalue weighted by Crippen LogP contribution is 2.44. The number of hydrogen-bond acceptors (Lipinski definition) is 4. The number of furan rings is 1. The highest BCUT2D eigenvalue weighted by atomic mass is 16.5. The van der Waals surface area contributed by atoms with E-state index in [1.807, 2.05) is 36.7 Å². The lowest BCUT2D eigenvalue weighted by atomic mass is 9.88. The van der Waals surface area contributed by atoms with Gasteiger partial charge in [0.15, 0.2) is 11.3 Å². The van der Waals surface area contributed by atoms with E-state index < -0.39 is 0 Å². The molecule has 6 nitrogen and oxygen atoms in total. The van der Waals surface area contributed by atoms with Crippen LogP contribution in [0.1, 0.15) is 54.6 Å². The van der Waals surface area contributed by atoms with Crippen LogP contribution >= 0.6 is 0 Å². The van der Waals surface area contributed by atoms with Crippen LogP contribution in [0.15, 0.2) is 131 Å². The van der Waals surface area contributed by atoms with E-state index in [-0.39, 0.29) is 11.5 Å². The maximum Gasteiger partial charge on any atom is 0.237 e. The molecule has 1 atom stereocenters. The number of rotatable bonds is 5. The van der Waals surface area contributed by atoms with Gasteiger partial charge in [-0.25, -0.2) is 4.98 Å². The number of aryl methyl sites for hydroxylation is 3. The van der Waals surface area contributed by atoms with Gasteiger partial charge in [0.05, 0.1) is 23.3 Å². The monoisotopic (exact) mass is 667 g/mol. The van der Waals surface area contributed by atoms with E-state index in [4.69, 9.17) is 19.3 Å². The largest absolute Gasteiger partial charge is 0.453 e. The molecule has 1 unspecified atom stereocenters. The number of para-hydroxylation sites is 2. The van der Waals surface area contributed by atoms with Gasteiger partial charge in [0.2, 0.25) is 11.7 Å². The Kier molecular flexibility index (Phi) is 7.01. The first-order valence-electron chi connectivity index (χ1n) is 17.5. The summed E-state index contributed by atoms with van der Waals surface area (Å²) in [5.41, 5.74) is 10.8. The highest BCUT2D eigenvalue weighted by Gasteiger charge is 2.33. The number of nitrogens with zero attached hydrogens (tertiary/aromatic N) is 4. The lowest BCUT2D eigenvalue weighted by molar-refractivity contribution is -0.536. The molecule has 3 aromatic heterocycles. The van der Waals surface area contributed by atoms with E-state index >= 15 is 0 Å². The molecule has 0 saturated carbocycles. The number of pyridine rings is 1. The molecular weight excluding hydrogens is 629 g/mol. The summed E-state index contributed by atoms with van der Waals surface area (Å²) in [4.78, 5) is 4.86. The molecule has 1 aliphatic heterocycles. The van der Waals surface area contributed by atoms with E-state index in [1.54, 1.807) is 0 Å². The maximum absolute atomic E-state index is 6.88. The first-order chi connectivity index (χ1) is 24.6. The summed E-state index contributed by atoms with van der Waals surface area (Å²) in [6.45, 7) is 13.2. The Morgan fingerprint density at radius 3 is 2.29 bits per heavy atom. The van der Waals surface area contributed by atoms with E-state index in [2.05, 4.69) is 136 Å². The van der Waals surface area contributed by atoms with Crippen molar-refractivity contribution >= 4 is 49.4 Å². The van der Waals surface area contributed by atoms with Crippen LogP contribution in [0, 0.1) is 20.8 Å². The zero-order valence-corrected chi connectivity index (χ0v) is 29.7. The SMILES string of the molecule is Cc1cc(C)c(C2C=CN=[N+]2c2cc(Oc3ccc4c5ccccc5n(-c5cc(C(C)(C)C)ccn5)c4c3)c3oc4ccccc4c3c2)c(C)c1. The second kappa shape index (κ2) is 11.5. The number of aromatic nitrogens is 2. The third-order valence-electron chi connectivity index (χ3n) is 10.2. The van der Waals surface area contributed by atoms with Gasteiger partial charge in [-0.2, -0.15) is 0 Å². The smallest absolute Gasteiger partial charge is 0.237 e. The molecule has 0 bridgehead atoms. The lowest BCUT2D eigenvalue weighted by Gasteiger charge is -2.20. The predicted octanol–water partition coefficient (Wildman–Crippen LogP) is 12.5. The Balaban J connectivity index is 1.21. The molecule has 1 aliphatic rings. The van der Waals surface area contributed by atoms with Crippen molar-refractivity contribution in [3.05, 3.63) is 149 Å². The Morgan fingerprint density at radius 1 is 0.745 bits per heavy atom. The van der Waals surface area contributed by atoms with Crippen molar-refractivity contribution in [2.45, 2.75) is 53.0 Å². The van der Waals surface area contributed by atoms with Crippen molar-refractivity contribution in [1.29, 1.82) is 0 Å². The zero-order valence-electron chi connectivity index (χ0n) is 29.7. The van der Waals surface area contributed by atoms with Crippen molar-refractivity contribution in [3.8, 4) is 17.3 Å². The number of ether oxygens (including phenoxy) is 1. The molecule has 0 radical (unpaired) electrons. The van der Waals surface area contributed by atoms with Crippen LogP contribution in [0.5, 0.6) is 11.5 Å². The first-order valence-corrected chi connectivity index (χ1v) is 17.5. The average Bonchev–Trinajstić information content (AvgIpc) is 3.82. The van der Waals surface area contributed by atoms with Crippen LogP contribution in [0.2, 0.25) is 0 Å². The van der Waals surface area contributed by atoms with Gasteiger partial charge in [-0.15, -0.1) is 0 Å². The molecule has 51 heavy (non-hydrogen) atoms. The number of fused-ring (bicyclic) bond motifs is 6. The molecule has 4 heterocycles. The molecule has 0 aliphatic carbocycles. The molecule has 0 N–H and O–H groups in total. The Hall–Kier alpha value is -6.01. The van der Waals surface area contributed by atoms with E-state index in [1.165, 1.54) is 33.2 Å². The quantitative estimate of drug-likeness (QED) is 0.172. The summed E-state index contributed by atoms with van der Waals surface area (Å²) in [5.74, 6) is 2.21. The fourth-order valence-corrected chi connectivity index (χ4v) is 7.83. The Labute approximate surface area is 296 Å². The molecule has 8 aromatic rings.